The largest absolute Gasteiger partial charge is 0.469 e. The highest BCUT2D eigenvalue weighted by molar-refractivity contribution is 7.89. The Bertz CT molecular complexity index is 997. The van der Waals surface area contributed by atoms with Crippen LogP contribution in [0.3, 0.4) is 0 Å². The van der Waals surface area contributed by atoms with Crippen molar-refractivity contribution in [3.05, 3.63) is 65.7 Å². The molecule has 0 radical (unpaired) electrons. The van der Waals surface area contributed by atoms with Crippen LogP contribution in [0, 0.1) is 5.92 Å². The molecule has 0 saturated carbocycles. The fourth-order valence-electron chi connectivity index (χ4n) is 3.05. The Hall–Kier alpha value is -2.71. The molecule has 1 amide bonds. The number of methoxy groups -OCH3 is 1. The molecule has 168 valence electrons. The van der Waals surface area contributed by atoms with Gasteiger partial charge >= 0.3 is 5.97 Å². The van der Waals surface area contributed by atoms with E-state index in [1.807, 2.05) is 30.3 Å². The molecule has 2 aromatic carbocycles. The van der Waals surface area contributed by atoms with Gasteiger partial charge in [-0.2, -0.15) is 0 Å². The van der Waals surface area contributed by atoms with Crippen LogP contribution in [0.15, 0.2) is 59.5 Å². The third kappa shape index (κ3) is 7.18. The summed E-state index contributed by atoms with van der Waals surface area (Å²) in [6, 6.07) is 15.2. The van der Waals surface area contributed by atoms with E-state index in [1.165, 1.54) is 31.4 Å². The second-order valence-electron chi connectivity index (χ2n) is 8.48. The molecule has 0 fully saturated rings. The Kier molecular flexibility index (Phi) is 7.97. The van der Waals surface area contributed by atoms with Crippen molar-refractivity contribution in [1.29, 1.82) is 0 Å². The molecular weight excluding hydrogens is 416 g/mol. The minimum Gasteiger partial charge on any atom is -0.469 e. The van der Waals surface area contributed by atoms with Crippen molar-refractivity contribution >= 4 is 21.9 Å². The number of ether oxygens (including phenoxy) is 1. The minimum atomic E-state index is -3.70. The molecule has 0 aliphatic carbocycles. The molecule has 0 bridgehead atoms. The monoisotopic (exact) mass is 446 g/mol. The van der Waals surface area contributed by atoms with Crippen LogP contribution in [0.25, 0.3) is 0 Å². The number of hydrogen-bond donors (Lipinski definition) is 1. The van der Waals surface area contributed by atoms with Gasteiger partial charge in [-0.3, -0.25) is 9.59 Å². The third-order valence-corrected chi connectivity index (χ3v) is 6.23. The van der Waals surface area contributed by atoms with E-state index in [9.17, 15) is 18.0 Å². The number of nitrogens with one attached hydrogen (secondary N) is 1. The molecule has 31 heavy (non-hydrogen) atoms. The lowest BCUT2D eigenvalue weighted by Crippen LogP contribution is -2.40. The van der Waals surface area contributed by atoms with Gasteiger partial charge in [-0.1, -0.05) is 37.3 Å². The number of carbonyl (C=O) groups excluding carboxylic acids is 2. The molecule has 1 atom stereocenters. The van der Waals surface area contributed by atoms with Gasteiger partial charge in [-0.15, -0.1) is 0 Å². The highest BCUT2D eigenvalue weighted by Gasteiger charge is 2.25. The number of rotatable bonds is 8. The van der Waals surface area contributed by atoms with E-state index in [2.05, 4.69) is 4.72 Å². The van der Waals surface area contributed by atoms with Gasteiger partial charge in [-0.05, 0) is 50.6 Å². The number of amides is 1. The molecule has 0 aliphatic heterocycles. The van der Waals surface area contributed by atoms with Gasteiger partial charge in [-0.25, -0.2) is 13.1 Å². The van der Waals surface area contributed by atoms with Crippen molar-refractivity contribution < 1.29 is 22.7 Å². The molecule has 7 nitrogen and oxygen atoms in total. The summed E-state index contributed by atoms with van der Waals surface area (Å²) in [6.07, 6.45) is 0. The lowest BCUT2D eigenvalue weighted by atomic mass is 10.1. The SMILES string of the molecule is COC(=O)C(C)CN(Cc1ccccc1)C(=O)c1ccc(S(=O)(=O)NC(C)(C)C)cc1. The lowest BCUT2D eigenvalue weighted by molar-refractivity contribution is -0.145. The number of sulfonamides is 1. The van der Waals surface area contributed by atoms with Crippen molar-refractivity contribution in [3.8, 4) is 0 Å². The Morgan fingerprint density at radius 2 is 1.61 bits per heavy atom. The van der Waals surface area contributed by atoms with Crippen LogP contribution in [-0.2, 0) is 26.1 Å². The maximum atomic E-state index is 13.2. The first-order valence-corrected chi connectivity index (χ1v) is 11.5. The van der Waals surface area contributed by atoms with E-state index < -0.39 is 27.4 Å². The number of hydrogen-bond acceptors (Lipinski definition) is 5. The topological polar surface area (TPSA) is 92.8 Å². The van der Waals surface area contributed by atoms with Gasteiger partial charge in [0.05, 0.1) is 17.9 Å². The molecule has 2 aromatic rings. The van der Waals surface area contributed by atoms with E-state index in [1.54, 1.807) is 32.6 Å². The van der Waals surface area contributed by atoms with Crippen molar-refractivity contribution in [2.24, 2.45) is 5.92 Å². The molecule has 0 aliphatic rings. The van der Waals surface area contributed by atoms with Crippen LogP contribution in [0.2, 0.25) is 0 Å². The first-order chi connectivity index (χ1) is 14.4. The molecular formula is C23H30N2O5S. The molecule has 1 N–H and O–H groups in total. The average Bonchev–Trinajstić information content (AvgIpc) is 2.71. The highest BCUT2D eigenvalue weighted by atomic mass is 32.2. The quantitative estimate of drug-likeness (QED) is 0.629. The van der Waals surface area contributed by atoms with Crippen molar-refractivity contribution in [2.45, 2.75) is 44.7 Å². The summed E-state index contributed by atoms with van der Waals surface area (Å²) in [5.74, 6) is -1.21. The number of esters is 1. The minimum absolute atomic E-state index is 0.0801. The Morgan fingerprint density at radius 1 is 1.03 bits per heavy atom. The van der Waals surface area contributed by atoms with Gasteiger partial charge in [0.25, 0.3) is 5.91 Å². The molecule has 1 unspecified atom stereocenters. The zero-order chi connectivity index (χ0) is 23.2. The average molecular weight is 447 g/mol. The Labute approximate surface area is 184 Å². The van der Waals surface area contributed by atoms with Crippen molar-refractivity contribution in [2.75, 3.05) is 13.7 Å². The molecule has 8 heteroatoms. The third-order valence-electron chi connectivity index (χ3n) is 4.45. The second kappa shape index (κ2) is 10.1. The highest BCUT2D eigenvalue weighted by Crippen LogP contribution is 2.17. The van der Waals surface area contributed by atoms with E-state index in [4.69, 9.17) is 4.74 Å². The summed E-state index contributed by atoms with van der Waals surface area (Å²) in [7, 11) is -2.39. The smallest absolute Gasteiger partial charge is 0.310 e. The number of carbonyl (C=O) groups is 2. The zero-order valence-electron chi connectivity index (χ0n) is 18.6. The molecule has 0 saturated heterocycles. The zero-order valence-corrected chi connectivity index (χ0v) is 19.4. The Balaban J connectivity index is 2.27. The predicted octanol–water partition coefficient (Wildman–Crippen LogP) is 3.21. The van der Waals surface area contributed by atoms with Crippen molar-refractivity contribution in [3.63, 3.8) is 0 Å². The van der Waals surface area contributed by atoms with E-state index >= 15 is 0 Å². The van der Waals surface area contributed by atoms with Crippen LogP contribution in [0.1, 0.15) is 43.6 Å². The van der Waals surface area contributed by atoms with Gasteiger partial charge in [0.15, 0.2) is 0 Å². The summed E-state index contributed by atoms with van der Waals surface area (Å²) in [5.41, 5.74) is 0.633. The predicted molar refractivity (Wildman–Crippen MR) is 119 cm³/mol. The van der Waals surface area contributed by atoms with Crippen LogP contribution >= 0.6 is 0 Å². The summed E-state index contributed by atoms with van der Waals surface area (Å²) in [5, 5.41) is 0. The van der Waals surface area contributed by atoms with Crippen LogP contribution in [0.4, 0.5) is 0 Å². The maximum Gasteiger partial charge on any atom is 0.310 e. The van der Waals surface area contributed by atoms with Crippen LogP contribution in [0.5, 0.6) is 0 Å². The van der Waals surface area contributed by atoms with Crippen molar-refractivity contribution in [1.82, 2.24) is 9.62 Å². The summed E-state index contributed by atoms with van der Waals surface area (Å²) >= 11 is 0. The van der Waals surface area contributed by atoms with Gasteiger partial charge in [0.2, 0.25) is 10.0 Å². The van der Waals surface area contributed by atoms with Gasteiger partial charge in [0.1, 0.15) is 0 Å². The normalized spacial score (nSPS) is 12.8. The number of benzene rings is 2. The van der Waals surface area contributed by atoms with Gasteiger partial charge < -0.3 is 9.64 Å². The first kappa shape index (κ1) is 24.6. The fourth-order valence-corrected chi connectivity index (χ4v) is 4.47. The fraction of sp³-hybridized carbons (Fsp3) is 0.391. The van der Waals surface area contributed by atoms with Gasteiger partial charge in [0, 0.05) is 24.2 Å². The summed E-state index contributed by atoms with van der Waals surface area (Å²) < 4.78 is 32.4. The second-order valence-corrected chi connectivity index (χ2v) is 10.2. The molecule has 0 spiro atoms. The summed E-state index contributed by atoms with van der Waals surface area (Å²) in [6.45, 7) is 7.45. The molecule has 2 rings (SSSR count). The number of nitrogens with zero attached hydrogens (tertiary/aromatic N) is 1. The van der Waals surface area contributed by atoms with E-state index in [0.717, 1.165) is 5.56 Å². The van der Waals surface area contributed by atoms with Crippen LogP contribution in [-0.4, -0.2) is 44.4 Å². The van der Waals surface area contributed by atoms with Crippen LogP contribution < -0.4 is 4.72 Å². The Morgan fingerprint density at radius 3 is 2.13 bits per heavy atom. The molecule has 0 heterocycles. The first-order valence-electron chi connectivity index (χ1n) is 9.98. The van der Waals surface area contributed by atoms with E-state index in [-0.39, 0.29) is 17.3 Å². The summed E-state index contributed by atoms with van der Waals surface area (Å²) in [4.78, 5) is 26.7. The maximum absolute atomic E-state index is 13.2. The molecule has 0 aromatic heterocycles. The lowest BCUT2D eigenvalue weighted by Gasteiger charge is -2.25. The standard InChI is InChI=1S/C23H30N2O5S/c1-17(22(27)30-5)15-25(16-18-9-7-6-8-10-18)21(26)19-11-13-20(14-12-19)31(28,29)24-23(2,3)4/h6-14,17,24H,15-16H2,1-5H3. The van der Waals surface area contributed by atoms with E-state index in [0.29, 0.717) is 12.1 Å².